The Hall–Kier alpha value is -5.35. The summed E-state index contributed by atoms with van der Waals surface area (Å²) < 4.78 is 53.5. The van der Waals surface area contributed by atoms with Gasteiger partial charge in [0.1, 0.15) is 34.5 Å². The maximum absolute atomic E-state index is 12.7. The van der Waals surface area contributed by atoms with Crippen molar-refractivity contribution in [2.24, 2.45) is 0 Å². The summed E-state index contributed by atoms with van der Waals surface area (Å²) in [4.78, 5) is 60.2. The highest BCUT2D eigenvalue weighted by Crippen LogP contribution is 2.21. The number of carbonyl (C=O) groups is 4. The van der Waals surface area contributed by atoms with Crippen molar-refractivity contribution in [3.05, 3.63) is 64.0 Å². The van der Waals surface area contributed by atoms with Gasteiger partial charge in [-0.25, -0.2) is 9.42 Å². The van der Waals surface area contributed by atoms with Gasteiger partial charge in [-0.2, -0.15) is 0 Å². The summed E-state index contributed by atoms with van der Waals surface area (Å²) in [6.45, 7) is 5.72. The molecule has 0 saturated carbocycles. The van der Waals surface area contributed by atoms with E-state index in [1.54, 1.807) is 30.3 Å². The molecule has 20 nitrogen and oxygen atoms in total. The summed E-state index contributed by atoms with van der Waals surface area (Å²) in [5, 5.41) is 22.0. The molecule has 0 unspecified atom stereocenters. The van der Waals surface area contributed by atoms with Gasteiger partial charge >= 0.3 is 11.6 Å². The fraction of sp³-hybridized carbons (Fsp3) is 0.537. The zero-order valence-electron chi connectivity index (χ0n) is 34.1. The summed E-state index contributed by atoms with van der Waals surface area (Å²) in [5.74, 6) is -1.46. The first-order chi connectivity index (χ1) is 29.8. The van der Waals surface area contributed by atoms with E-state index in [1.807, 2.05) is 0 Å². The molecule has 2 heterocycles. The topological polar surface area (TPSA) is 256 Å². The summed E-state index contributed by atoms with van der Waals surface area (Å²) in [6.07, 6.45) is 1.90. The Morgan fingerprint density at radius 3 is 1.77 bits per heavy atom. The number of carbonyl (C=O) groups excluding carboxylic acids is 3. The summed E-state index contributed by atoms with van der Waals surface area (Å²) in [7, 11) is 0. The fourth-order valence-corrected chi connectivity index (χ4v) is 5.28. The van der Waals surface area contributed by atoms with Crippen LogP contribution >= 0.6 is 0 Å². The number of ketones is 1. The number of nitrogens with one attached hydrogen (secondary N) is 2. The molecule has 20 heteroatoms. The molecule has 2 aromatic heterocycles. The molecule has 0 atom stereocenters. The van der Waals surface area contributed by atoms with Crippen LogP contribution in [-0.4, -0.2) is 151 Å². The van der Waals surface area contributed by atoms with E-state index in [1.165, 1.54) is 12.1 Å². The van der Waals surface area contributed by atoms with Crippen molar-refractivity contribution < 1.29 is 71.2 Å². The first kappa shape index (κ1) is 48.3. The number of rotatable bonds is 35. The van der Waals surface area contributed by atoms with Crippen LogP contribution in [0.1, 0.15) is 52.8 Å². The maximum Gasteiger partial charge on any atom is 0.349 e. The van der Waals surface area contributed by atoms with Gasteiger partial charge in [0, 0.05) is 56.3 Å². The molecular formula is C41H54N4O16. The molecule has 334 valence electrons. The molecule has 0 aliphatic carbocycles. The van der Waals surface area contributed by atoms with Crippen LogP contribution in [0, 0.1) is 0 Å². The number of amides is 2. The van der Waals surface area contributed by atoms with E-state index in [0.29, 0.717) is 139 Å². The van der Waals surface area contributed by atoms with Crippen LogP contribution in [0.2, 0.25) is 0 Å². The number of aliphatic carboxylic acids is 1. The predicted molar refractivity (Wildman–Crippen MR) is 216 cm³/mol. The van der Waals surface area contributed by atoms with E-state index in [2.05, 4.69) is 25.6 Å². The zero-order chi connectivity index (χ0) is 43.3. The number of fused-ring (bicyclic) bond motifs is 2. The number of carboxylic acid groups (broad SMARTS) is 1. The van der Waals surface area contributed by atoms with E-state index in [0.717, 1.165) is 0 Å². The molecule has 4 aromatic rings. The first-order valence-corrected chi connectivity index (χ1v) is 20.1. The van der Waals surface area contributed by atoms with Gasteiger partial charge in [0.2, 0.25) is 0 Å². The molecular weight excluding hydrogens is 804 g/mol. The van der Waals surface area contributed by atoms with Crippen LogP contribution in [0.5, 0.6) is 5.75 Å². The second-order valence-corrected chi connectivity index (χ2v) is 13.2. The molecule has 0 saturated heterocycles. The lowest BCUT2D eigenvalue weighted by Gasteiger charge is -2.09. The van der Waals surface area contributed by atoms with Gasteiger partial charge in [-0.1, -0.05) is 0 Å². The number of benzene rings is 2. The molecule has 0 radical (unpaired) electrons. The van der Waals surface area contributed by atoms with Crippen molar-refractivity contribution >= 4 is 45.6 Å². The Morgan fingerprint density at radius 1 is 0.590 bits per heavy atom. The monoisotopic (exact) mass is 858 g/mol. The Labute approximate surface area is 351 Å². The SMILES string of the molecule is O=C(O)CCOCCOCCOCCOCCCC(=O)COc1ccc2cc(C(=O)NCCCOCCOCCOCCCNC(=O)c3ccc4nonc4c3)c(=O)oc2c1. The highest BCUT2D eigenvalue weighted by atomic mass is 16.6. The molecule has 0 aliphatic heterocycles. The smallest absolute Gasteiger partial charge is 0.349 e. The number of hydrogen-bond donors (Lipinski definition) is 3. The minimum Gasteiger partial charge on any atom is -0.486 e. The third kappa shape index (κ3) is 19.7. The molecule has 0 aliphatic rings. The van der Waals surface area contributed by atoms with Crippen molar-refractivity contribution in [1.29, 1.82) is 0 Å². The molecule has 0 spiro atoms. The van der Waals surface area contributed by atoms with Crippen LogP contribution < -0.4 is 21.0 Å². The molecule has 2 aromatic carbocycles. The van der Waals surface area contributed by atoms with Crippen LogP contribution in [0.15, 0.2) is 56.3 Å². The van der Waals surface area contributed by atoms with Crippen LogP contribution in [0.3, 0.4) is 0 Å². The highest BCUT2D eigenvalue weighted by Gasteiger charge is 2.15. The van der Waals surface area contributed by atoms with E-state index >= 15 is 0 Å². The average Bonchev–Trinajstić information content (AvgIpc) is 3.73. The lowest BCUT2D eigenvalue weighted by molar-refractivity contribution is -0.138. The lowest BCUT2D eigenvalue weighted by atomic mass is 10.1. The quantitative estimate of drug-likeness (QED) is 0.0444. The molecule has 4 rings (SSSR count). The third-order valence-electron chi connectivity index (χ3n) is 8.43. The minimum atomic E-state index is -0.904. The Bertz CT molecular complexity index is 1990. The highest BCUT2D eigenvalue weighted by molar-refractivity contribution is 5.97. The van der Waals surface area contributed by atoms with Crippen molar-refractivity contribution in [2.75, 3.05) is 112 Å². The number of ether oxygens (including phenoxy) is 8. The van der Waals surface area contributed by atoms with Crippen LogP contribution in [0.4, 0.5) is 0 Å². The summed E-state index contributed by atoms with van der Waals surface area (Å²) in [6, 6.07) is 11.2. The van der Waals surface area contributed by atoms with Crippen molar-refractivity contribution in [3.63, 3.8) is 0 Å². The van der Waals surface area contributed by atoms with Gasteiger partial charge in [-0.3, -0.25) is 19.2 Å². The normalized spacial score (nSPS) is 11.3. The lowest BCUT2D eigenvalue weighted by Crippen LogP contribution is -2.29. The Kier molecular flexibility index (Phi) is 23.0. The molecule has 3 N–H and O–H groups in total. The van der Waals surface area contributed by atoms with Gasteiger partial charge < -0.3 is 58.1 Å². The zero-order valence-corrected chi connectivity index (χ0v) is 34.1. The third-order valence-corrected chi connectivity index (χ3v) is 8.43. The number of Topliss-reactive ketones (excluding diaryl/α,β-unsaturated/α-hetero) is 1. The second kappa shape index (κ2) is 29.0. The molecule has 0 bridgehead atoms. The van der Waals surface area contributed by atoms with Gasteiger partial charge in [-0.05, 0) is 66.0 Å². The summed E-state index contributed by atoms with van der Waals surface area (Å²) >= 11 is 0. The van der Waals surface area contributed by atoms with Crippen molar-refractivity contribution in [1.82, 2.24) is 20.9 Å². The average molecular weight is 859 g/mol. The van der Waals surface area contributed by atoms with Gasteiger partial charge in [0.15, 0.2) is 5.78 Å². The van der Waals surface area contributed by atoms with Crippen LogP contribution in [-0.2, 0) is 42.7 Å². The van der Waals surface area contributed by atoms with E-state index < -0.39 is 17.5 Å². The largest absolute Gasteiger partial charge is 0.486 e. The fourth-order valence-electron chi connectivity index (χ4n) is 5.28. The maximum atomic E-state index is 12.7. The minimum absolute atomic E-state index is 0.0378. The van der Waals surface area contributed by atoms with E-state index in [-0.39, 0.29) is 55.4 Å². The Balaban J connectivity index is 0.942. The Morgan fingerprint density at radius 2 is 1.15 bits per heavy atom. The molecule has 2 amide bonds. The van der Waals surface area contributed by atoms with Crippen molar-refractivity contribution in [3.8, 4) is 5.75 Å². The number of hydrogen-bond acceptors (Lipinski definition) is 17. The molecule has 0 fully saturated rings. The van der Waals surface area contributed by atoms with Gasteiger partial charge in [-0.15, -0.1) is 0 Å². The van der Waals surface area contributed by atoms with E-state index in [4.69, 9.17) is 47.4 Å². The first-order valence-electron chi connectivity index (χ1n) is 20.1. The molecule has 61 heavy (non-hydrogen) atoms. The van der Waals surface area contributed by atoms with Crippen LogP contribution in [0.25, 0.3) is 22.0 Å². The predicted octanol–water partition coefficient (Wildman–Crippen LogP) is 2.59. The summed E-state index contributed by atoms with van der Waals surface area (Å²) in [5.41, 5.74) is 0.874. The number of carboxylic acids is 1. The van der Waals surface area contributed by atoms with E-state index in [9.17, 15) is 24.0 Å². The number of aromatic nitrogens is 2. The standard InChI is InChI=1S/C41H54N4O16/c46-32(4-1-12-52-16-20-57-24-25-58-23-19-55-15-9-38(47)48)29-59-33-7-5-30-26-34(41(51)60-37(30)28-33)40(50)43-11-3-14-54-18-22-56-21-17-53-13-2-10-42-39(49)31-6-8-35-36(27-31)45-61-44-35/h5-8,26-28H,1-4,9-25,29H2,(H,42,49)(H,43,50)(H,47,48). The number of nitrogens with zero attached hydrogens (tertiary/aromatic N) is 2. The van der Waals surface area contributed by atoms with Gasteiger partial charge in [0.05, 0.1) is 79.1 Å². The van der Waals surface area contributed by atoms with Gasteiger partial charge in [0.25, 0.3) is 11.8 Å². The van der Waals surface area contributed by atoms with Crippen molar-refractivity contribution in [2.45, 2.75) is 32.1 Å². The second-order valence-electron chi connectivity index (χ2n) is 13.2.